The highest BCUT2D eigenvalue weighted by atomic mass is 31.2. The molecule has 4 rings (SSSR count). The van der Waals surface area contributed by atoms with Crippen LogP contribution in [0, 0.1) is 16.7 Å². The normalized spacial score (nSPS) is 24.6. The van der Waals surface area contributed by atoms with Crippen molar-refractivity contribution < 1.29 is 33.0 Å². The Labute approximate surface area is 241 Å². The Morgan fingerprint density at radius 2 is 1.81 bits per heavy atom. The van der Waals surface area contributed by atoms with E-state index in [9.17, 15) is 29.3 Å². The second-order valence-electron chi connectivity index (χ2n) is 9.92. The van der Waals surface area contributed by atoms with Gasteiger partial charge in [0.15, 0.2) is 6.23 Å². The third-order valence-corrected chi connectivity index (χ3v) is 8.42. The summed E-state index contributed by atoms with van der Waals surface area (Å²) in [6.07, 6.45) is -3.52. The van der Waals surface area contributed by atoms with E-state index in [4.69, 9.17) is 18.5 Å². The summed E-state index contributed by atoms with van der Waals surface area (Å²) < 4.78 is 37.5. The van der Waals surface area contributed by atoms with Gasteiger partial charge in [-0.15, -0.1) is 0 Å². The van der Waals surface area contributed by atoms with Gasteiger partial charge >= 0.3 is 19.4 Å². The van der Waals surface area contributed by atoms with Gasteiger partial charge in [0.05, 0.1) is 12.7 Å². The van der Waals surface area contributed by atoms with Crippen LogP contribution in [0.2, 0.25) is 0 Å². The van der Waals surface area contributed by atoms with Gasteiger partial charge in [0, 0.05) is 12.3 Å². The zero-order chi connectivity index (χ0) is 30.5. The van der Waals surface area contributed by atoms with Crippen molar-refractivity contribution in [1.29, 1.82) is 5.26 Å². The van der Waals surface area contributed by atoms with Gasteiger partial charge < -0.3 is 19.1 Å². The fourth-order valence-electron chi connectivity index (χ4n) is 4.37. The highest BCUT2D eigenvalue weighted by Crippen LogP contribution is 2.48. The molecule has 3 aromatic rings. The first-order valence-corrected chi connectivity index (χ1v) is 14.6. The van der Waals surface area contributed by atoms with Crippen LogP contribution in [0.15, 0.2) is 82.5 Å². The molecule has 1 fully saturated rings. The van der Waals surface area contributed by atoms with E-state index < -0.39 is 67.6 Å². The number of aliphatic hydroxyl groups is 1. The highest BCUT2D eigenvalue weighted by molar-refractivity contribution is 7.52. The Balaban J connectivity index is 1.52. The van der Waals surface area contributed by atoms with Crippen LogP contribution < -0.4 is 20.9 Å². The largest absolute Gasteiger partial charge is 0.459 e. The topological polar surface area (TPSA) is 182 Å². The van der Waals surface area contributed by atoms with Crippen molar-refractivity contribution in [1.82, 2.24) is 14.6 Å². The molecule has 13 nitrogen and oxygen atoms in total. The number of aromatic amines is 1. The van der Waals surface area contributed by atoms with Crippen molar-refractivity contribution in [3.05, 3.63) is 99.3 Å². The van der Waals surface area contributed by atoms with Gasteiger partial charge in [0.25, 0.3) is 5.56 Å². The summed E-state index contributed by atoms with van der Waals surface area (Å²) >= 11 is 0. The quantitative estimate of drug-likeness (QED) is 0.218. The SMILES string of the molecule is C[C@H](NP(=O)(OC[C@H]1O[C@@H](n2ccc(=O)[nH]c2=O)[C@](C)(C#N)[C@@H]1O)Oc1ccccc1)C(=O)O[C@@H](C)c1ccccc1. The zero-order valence-corrected chi connectivity index (χ0v) is 24.0. The molecule has 1 unspecified atom stereocenters. The van der Waals surface area contributed by atoms with Gasteiger partial charge in [-0.05, 0) is 38.5 Å². The molecule has 0 spiro atoms. The third kappa shape index (κ3) is 6.87. The van der Waals surface area contributed by atoms with E-state index in [1.54, 1.807) is 37.3 Å². The molecule has 0 amide bonds. The molecular weight excluding hydrogens is 567 g/mol. The van der Waals surface area contributed by atoms with Crippen LogP contribution in [-0.2, 0) is 23.4 Å². The maximum absolute atomic E-state index is 13.9. The van der Waals surface area contributed by atoms with Crippen molar-refractivity contribution in [2.75, 3.05) is 6.61 Å². The summed E-state index contributed by atoms with van der Waals surface area (Å²) in [6.45, 7) is 3.94. The molecule has 7 atom stereocenters. The molecule has 2 heterocycles. The number of carbonyl (C=O) groups is 1. The van der Waals surface area contributed by atoms with Crippen LogP contribution in [0.3, 0.4) is 0 Å². The molecular formula is C28H31N4O9P. The van der Waals surface area contributed by atoms with E-state index in [0.717, 1.165) is 22.4 Å². The number of carbonyl (C=O) groups excluding carboxylic acids is 1. The number of para-hydroxylation sites is 1. The number of aromatic nitrogens is 2. The highest BCUT2D eigenvalue weighted by Gasteiger charge is 2.55. The Morgan fingerprint density at radius 3 is 2.43 bits per heavy atom. The second-order valence-corrected chi connectivity index (χ2v) is 11.6. The minimum absolute atomic E-state index is 0.166. The minimum Gasteiger partial charge on any atom is -0.457 e. The Kier molecular flexibility index (Phi) is 9.46. The molecule has 0 radical (unpaired) electrons. The average Bonchev–Trinajstić information content (AvgIpc) is 3.22. The zero-order valence-electron chi connectivity index (χ0n) is 23.1. The number of hydrogen-bond donors (Lipinski definition) is 3. The molecule has 1 saturated heterocycles. The monoisotopic (exact) mass is 598 g/mol. The molecule has 222 valence electrons. The fourth-order valence-corrected chi connectivity index (χ4v) is 5.87. The van der Waals surface area contributed by atoms with E-state index in [1.165, 1.54) is 26.0 Å². The summed E-state index contributed by atoms with van der Waals surface area (Å²) in [6, 6.07) is 19.0. The van der Waals surface area contributed by atoms with Gasteiger partial charge in [0.2, 0.25) is 0 Å². The number of nitriles is 1. The third-order valence-electron chi connectivity index (χ3n) is 6.77. The number of nitrogens with zero attached hydrogens (tertiary/aromatic N) is 2. The first-order valence-electron chi connectivity index (χ1n) is 13.0. The van der Waals surface area contributed by atoms with E-state index in [1.807, 2.05) is 24.3 Å². The maximum atomic E-state index is 13.9. The maximum Gasteiger partial charge on any atom is 0.459 e. The number of H-pyrrole nitrogens is 1. The molecule has 1 aliphatic heterocycles. The van der Waals surface area contributed by atoms with Crippen LogP contribution in [0.4, 0.5) is 0 Å². The van der Waals surface area contributed by atoms with Gasteiger partial charge in [-0.2, -0.15) is 10.3 Å². The molecule has 3 N–H and O–H groups in total. The molecule has 0 aliphatic carbocycles. The smallest absolute Gasteiger partial charge is 0.457 e. The molecule has 1 aliphatic rings. The van der Waals surface area contributed by atoms with Crippen molar-refractivity contribution in [2.24, 2.45) is 5.41 Å². The Bertz CT molecular complexity index is 1590. The van der Waals surface area contributed by atoms with E-state index >= 15 is 0 Å². The number of hydrogen-bond acceptors (Lipinski definition) is 10. The molecule has 42 heavy (non-hydrogen) atoms. The van der Waals surface area contributed by atoms with Crippen molar-refractivity contribution in [3.63, 3.8) is 0 Å². The average molecular weight is 599 g/mol. The number of aliphatic hydroxyl groups excluding tert-OH is 1. The number of esters is 1. The predicted molar refractivity (Wildman–Crippen MR) is 149 cm³/mol. The second kappa shape index (κ2) is 12.9. The van der Waals surface area contributed by atoms with Gasteiger partial charge in [-0.3, -0.25) is 23.7 Å². The lowest BCUT2D eigenvalue weighted by Gasteiger charge is -2.26. The summed E-state index contributed by atoms with van der Waals surface area (Å²) in [7, 11) is -4.34. The van der Waals surface area contributed by atoms with E-state index in [2.05, 4.69) is 10.1 Å². The molecule has 0 bridgehead atoms. The van der Waals surface area contributed by atoms with Crippen LogP contribution in [0.5, 0.6) is 5.75 Å². The van der Waals surface area contributed by atoms with E-state index in [0.29, 0.717) is 0 Å². The Hall–Kier alpha value is -4.05. The number of benzene rings is 2. The van der Waals surface area contributed by atoms with Crippen LogP contribution >= 0.6 is 7.75 Å². The predicted octanol–water partition coefficient (Wildman–Crippen LogP) is 2.81. The molecule has 14 heteroatoms. The number of rotatable bonds is 11. The fraction of sp³-hybridized carbons (Fsp3) is 0.357. The summed E-state index contributed by atoms with van der Waals surface area (Å²) in [4.78, 5) is 38.9. The van der Waals surface area contributed by atoms with Gasteiger partial charge in [0.1, 0.15) is 35.5 Å². The number of nitrogens with one attached hydrogen (secondary N) is 2. The Morgan fingerprint density at radius 1 is 1.17 bits per heavy atom. The lowest BCUT2D eigenvalue weighted by atomic mass is 9.84. The lowest BCUT2D eigenvalue weighted by molar-refractivity contribution is -0.150. The van der Waals surface area contributed by atoms with Crippen LogP contribution in [0.25, 0.3) is 0 Å². The van der Waals surface area contributed by atoms with Gasteiger partial charge in [-0.25, -0.2) is 9.36 Å². The first-order chi connectivity index (χ1) is 20.0. The lowest BCUT2D eigenvalue weighted by Crippen LogP contribution is -2.41. The number of ether oxygens (including phenoxy) is 2. The van der Waals surface area contributed by atoms with Crippen LogP contribution in [0.1, 0.15) is 38.7 Å². The van der Waals surface area contributed by atoms with Crippen molar-refractivity contribution >= 4 is 13.7 Å². The van der Waals surface area contributed by atoms with Gasteiger partial charge in [-0.1, -0.05) is 48.5 Å². The van der Waals surface area contributed by atoms with Crippen molar-refractivity contribution in [2.45, 2.75) is 51.4 Å². The summed E-state index contributed by atoms with van der Waals surface area (Å²) in [5.41, 5.74) is -2.38. The summed E-state index contributed by atoms with van der Waals surface area (Å²) in [5, 5.41) is 23.5. The van der Waals surface area contributed by atoms with E-state index in [-0.39, 0.29) is 5.75 Å². The van der Waals surface area contributed by atoms with Crippen LogP contribution in [-0.4, -0.2) is 45.5 Å². The molecule has 2 aromatic carbocycles. The molecule has 1 aromatic heterocycles. The minimum atomic E-state index is -4.34. The molecule has 0 saturated carbocycles. The van der Waals surface area contributed by atoms with Crippen molar-refractivity contribution in [3.8, 4) is 11.8 Å². The standard InChI is InChI=1S/C28H31N4O9P/c1-18(25(35)39-19(2)20-10-6-4-7-11-20)31-42(37,41-21-12-8-5-9-13-21)38-16-22-24(34)28(3,17-29)26(40-22)32-15-14-23(33)30-27(32)36/h4-15,18-19,22,24,26,34H,16H2,1-3H3,(H,31,37)(H,30,33,36)/t18-,19-,22+,24+,26+,28+,42?/m0/s1. The summed E-state index contributed by atoms with van der Waals surface area (Å²) in [5.74, 6) is -0.558. The first kappa shape index (κ1) is 30.9.